The molecule has 0 atom stereocenters. The Hall–Kier alpha value is -2.96. The van der Waals surface area contributed by atoms with Gasteiger partial charge in [0, 0.05) is 17.3 Å². The third-order valence-electron chi connectivity index (χ3n) is 5.38. The average Bonchev–Trinajstić information content (AvgIpc) is 3.42. The van der Waals surface area contributed by atoms with E-state index in [2.05, 4.69) is 27.6 Å². The van der Waals surface area contributed by atoms with Crippen LogP contribution in [0.3, 0.4) is 0 Å². The van der Waals surface area contributed by atoms with Crippen molar-refractivity contribution < 1.29 is 28.5 Å². The summed E-state index contributed by atoms with van der Waals surface area (Å²) >= 11 is 9.37. The molecule has 3 aromatic rings. The number of rotatable bonds is 7. The molecule has 2 amide bonds. The molecular formula is C25H18ClIN2O6S. The second kappa shape index (κ2) is 10.6. The van der Waals surface area contributed by atoms with Gasteiger partial charge < -0.3 is 18.9 Å². The summed E-state index contributed by atoms with van der Waals surface area (Å²) in [4.78, 5) is 31.5. The lowest BCUT2D eigenvalue weighted by molar-refractivity contribution is -0.123. The third-order valence-corrected chi connectivity index (χ3v) is 7.44. The lowest BCUT2D eigenvalue weighted by Crippen LogP contribution is -2.27. The van der Waals surface area contributed by atoms with Gasteiger partial charge in [0.15, 0.2) is 23.0 Å². The van der Waals surface area contributed by atoms with Gasteiger partial charge in [-0.25, -0.2) is 0 Å². The number of aromatic nitrogens is 1. The number of amides is 2. The summed E-state index contributed by atoms with van der Waals surface area (Å²) in [5.41, 5.74) is 2.08. The molecule has 1 saturated heterocycles. The van der Waals surface area contributed by atoms with Gasteiger partial charge >= 0.3 is 0 Å². The average molecular weight is 637 g/mol. The van der Waals surface area contributed by atoms with E-state index in [0.717, 1.165) is 25.9 Å². The Morgan fingerprint density at radius 3 is 2.75 bits per heavy atom. The first kappa shape index (κ1) is 24.7. The molecule has 0 radical (unpaired) electrons. The van der Waals surface area contributed by atoms with Crippen LogP contribution in [-0.4, -0.2) is 34.9 Å². The van der Waals surface area contributed by atoms with Crippen LogP contribution >= 0.6 is 46.0 Å². The van der Waals surface area contributed by atoms with Gasteiger partial charge in [0.2, 0.25) is 6.79 Å². The van der Waals surface area contributed by atoms with Crippen LogP contribution in [0.2, 0.25) is 5.02 Å². The molecule has 0 unspecified atom stereocenters. The molecule has 3 heterocycles. The number of carbonyl (C=O) groups excluding carboxylic acids is 2. The third kappa shape index (κ3) is 5.11. The Balaban J connectivity index is 1.35. The van der Waals surface area contributed by atoms with Crippen molar-refractivity contribution in [1.82, 2.24) is 9.88 Å². The molecule has 1 aromatic heterocycles. The Labute approximate surface area is 229 Å². The Bertz CT molecular complexity index is 1380. The Kier molecular flexibility index (Phi) is 7.26. The maximum atomic E-state index is 13.1. The monoisotopic (exact) mass is 636 g/mol. The molecule has 8 nitrogen and oxygen atoms in total. The molecule has 2 aliphatic rings. The fourth-order valence-electron chi connectivity index (χ4n) is 3.63. The molecule has 0 spiro atoms. The number of hydrogen-bond acceptors (Lipinski definition) is 8. The highest BCUT2D eigenvalue weighted by atomic mass is 127. The van der Waals surface area contributed by atoms with Gasteiger partial charge in [-0.15, -0.1) is 0 Å². The maximum absolute atomic E-state index is 13.1. The number of thioether (sulfide) groups is 1. The number of hydrogen-bond donors (Lipinski definition) is 0. The lowest BCUT2D eigenvalue weighted by atomic mass is 10.1. The largest absolute Gasteiger partial charge is 0.493 e. The van der Waals surface area contributed by atoms with Crippen molar-refractivity contribution in [3.05, 3.63) is 79.0 Å². The van der Waals surface area contributed by atoms with E-state index < -0.39 is 5.91 Å². The van der Waals surface area contributed by atoms with Crippen molar-refractivity contribution in [3.8, 4) is 23.0 Å². The van der Waals surface area contributed by atoms with Crippen LogP contribution in [-0.2, 0) is 17.9 Å². The number of halogens is 2. The van der Waals surface area contributed by atoms with Crippen molar-refractivity contribution in [1.29, 1.82) is 0 Å². The summed E-state index contributed by atoms with van der Waals surface area (Å²) in [7, 11) is 1.55. The summed E-state index contributed by atoms with van der Waals surface area (Å²) in [5, 5.41) is 0.0137. The van der Waals surface area contributed by atoms with E-state index >= 15 is 0 Å². The van der Waals surface area contributed by atoms with Gasteiger partial charge in [-0.2, -0.15) is 0 Å². The van der Waals surface area contributed by atoms with Crippen LogP contribution < -0.4 is 18.9 Å². The van der Waals surface area contributed by atoms with E-state index in [0.29, 0.717) is 44.1 Å². The van der Waals surface area contributed by atoms with E-state index in [9.17, 15) is 9.59 Å². The first-order chi connectivity index (χ1) is 17.4. The number of benzene rings is 2. The first-order valence-corrected chi connectivity index (χ1v) is 12.9. The van der Waals surface area contributed by atoms with Crippen LogP contribution in [0, 0.1) is 3.57 Å². The number of imide groups is 1. The summed E-state index contributed by atoms with van der Waals surface area (Å²) in [5.74, 6) is 1.75. The fourth-order valence-corrected chi connectivity index (χ4v) is 5.46. The standard InChI is InChI=1S/C25H18ClIN2O6S/c1-32-21-7-14(6-18(27)23(21)33-12-16-4-2-3-5-28-16)8-22-24(30)29(25(31)36-22)11-15-9-19-20(10-17(15)26)35-13-34-19/h2-10H,11-13H2,1H3/b22-8-. The molecule has 5 rings (SSSR count). The second-order valence-electron chi connectivity index (χ2n) is 7.71. The van der Waals surface area contributed by atoms with Crippen LogP contribution in [0.4, 0.5) is 4.79 Å². The fraction of sp³-hybridized carbons (Fsp3) is 0.160. The zero-order valence-electron chi connectivity index (χ0n) is 18.8. The smallest absolute Gasteiger partial charge is 0.293 e. The molecule has 0 bridgehead atoms. The van der Waals surface area contributed by atoms with Crippen LogP contribution in [0.1, 0.15) is 16.8 Å². The summed E-state index contributed by atoms with van der Waals surface area (Å²) in [6, 6.07) is 12.5. The summed E-state index contributed by atoms with van der Waals surface area (Å²) < 4.78 is 23.0. The maximum Gasteiger partial charge on any atom is 0.293 e. The number of methoxy groups -OCH3 is 1. The normalized spacial score (nSPS) is 15.6. The zero-order chi connectivity index (χ0) is 25.2. The van der Waals surface area contributed by atoms with Crippen molar-refractivity contribution in [3.63, 3.8) is 0 Å². The van der Waals surface area contributed by atoms with Gasteiger partial charge in [0.1, 0.15) is 6.61 Å². The zero-order valence-corrected chi connectivity index (χ0v) is 22.6. The molecule has 11 heteroatoms. The Morgan fingerprint density at radius 2 is 2.00 bits per heavy atom. The predicted octanol–water partition coefficient (Wildman–Crippen LogP) is 5.89. The minimum absolute atomic E-state index is 0.0264. The van der Waals surface area contributed by atoms with E-state index in [1.165, 1.54) is 0 Å². The van der Waals surface area contributed by atoms with Gasteiger partial charge in [-0.1, -0.05) is 17.7 Å². The predicted molar refractivity (Wildman–Crippen MR) is 143 cm³/mol. The number of nitrogens with zero attached hydrogens (tertiary/aromatic N) is 2. The van der Waals surface area contributed by atoms with E-state index in [4.69, 9.17) is 30.5 Å². The molecule has 0 aliphatic carbocycles. The van der Waals surface area contributed by atoms with Crippen LogP contribution in [0.15, 0.2) is 53.6 Å². The molecule has 36 heavy (non-hydrogen) atoms. The second-order valence-corrected chi connectivity index (χ2v) is 10.3. The van der Waals surface area contributed by atoms with Crippen LogP contribution in [0.25, 0.3) is 6.08 Å². The Morgan fingerprint density at radius 1 is 1.19 bits per heavy atom. The first-order valence-electron chi connectivity index (χ1n) is 10.7. The van der Waals surface area contributed by atoms with E-state index in [1.54, 1.807) is 37.6 Å². The van der Waals surface area contributed by atoms with E-state index in [-0.39, 0.29) is 25.2 Å². The summed E-state index contributed by atoms with van der Waals surface area (Å²) in [6.45, 7) is 0.418. The number of pyridine rings is 1. The van der Waals surface area contributed by atoms with Crippen molar-refractivity contribution >= 4 is 63.2 Å². The summed E-state index contributed by atoms with van der Waals surface area (Å²) in [6.07, 6.45) is 3.37. The SMILES string of the molecule is COc1cc(/C=C2\SC(=O)N(Cc3cc4c(cc3Cl)OCO4)C2=O)cc(I)c1OCc1ccccn1. The topological polar surface area (TPSA) is 87.2 Å². The highest BCUT2D eigenvalue weighted by Crippen LogP contribution is 2.40. The van der Waals surface area contributed by atoms with Gasteiger partial charge in [-0.05, 0) is 81.9 Å². The quantitative estimate of drug-likeness (QED) is 0.234. The van der Waals surface area contributed by atoms with Crippen molar-refractivity contribution in [2.45, 2.75) is 13.2 Å². The minimum atomic E-state index is -0.400. The lowest BCUT2D eigenvalue weighted by Gasteiger charge is -2.14. The van der Waals surface area contributed by atoms with Gasteiger partial charge in [0.25, 0.3) is 11.1 Å². The van der Waals surface area contributed by atoms with Gasteiger partial charge in [-0.3, -0.25) is 19.5 Å². The molecule has 2 aromatic carbocycles. The highest BCUT2D eigenvalue weighted by molar-refractivity contribution is 14.1. The number of carbonyl (C=O) groups is 2. The molecule has 184 valence electrons. The molecule has 1 fully saturated rings. The highest BCUT2D eigenvalue weighted by Gasteiger charge is 2.36. The van der Waals surface area contributed by atoms with E-state index in [1.807, 2.05) is 24.3 Å². The molecular weight excluding hydrogens is 619 g/mol. The van der Waals surface area contributed by atoms with Gasteiger partial charge in [0.05, 0.1) is 27.8 Å². The molecule has 0 N–H and O–H groups in total. The van der Waals surface area contributed by atoms with Crippen molar-refractivity contribution in [2.75, 3.05) is 13.9 Å². The minimum Gasteiger partial charge on any atom is -0.493 e. The molecule has 2 aliphatic heterocycles. The van der Waals surface area contributed by atoms with Crippen LogP contribution in [0.5, 0.6) is 23.0 Å². The van der Waals surface area contributed by atoms with Crippen molar-refractivity contribution in [2.24, 2.45) is 0 Å². The number of fused-ring (bicyclic) bond motifs is 1. The molecule has 0 saturated carbocycles. The number of ether oxygens (including phenoxy) is 4.